The van der Waals surface area contributed by atoms with Crippen molar-refractivity contribution in [1.29, 1.82) is 0 Å². The minimum absolute atomic E-state index is 0.229. The first-order chi connectivity index (χ1) is 10.8. The van der Waals surface area contributed by atoms with Crippen LogP contribution >= 0.6 is 15.9 Å². The first-order valence-corrected chi connectivity index (χ1v) is 9.11. The van der Waals surface area contributed by atoms with Gasteiger partial charge in [-0.3, -0.25) is 0 Å². The Balaban J connectivity index is 1.99. The van der Waals surface area contributed by atoms with Crippen LogP contribution in [-0.2, 0) is 11.2 Å². The van der Waals surface area contributed by atoms with E-state index in [9.17, 15) is 4.79 Å². The molecular weight excluding hydrogens is 356 g/mol. The Hall–Kier alpha value is -1.23. The summed E-state index contributed by atoms with van der Waals surface area (Å²) in [6, 6.07) is 6.46. The highest BCUT2D eigenvalue weighted by molar-refractivity contribution is 9.10. The van der Waals surface area contributed by atoms with Gasteiger partial charge in [0.15, 0.2) is 0 Å². The Morgan fingerprint density at radius 1 is 1.39 bits per heavy atom. The van der Waals surface area contributed by atoms with E-state index >= 15 is 0 Å². The van der Waals surface area contributed by atoms with Crippen molar-refractivity contribution in [3.8, 4) is 0 Å². The molecule has 1 aromatic carbocycles. The number of anilines is 1. The van der Waals surface area contributed by atoms with Crippen LogP contribution in [0.15, 0.2) is 22.7 Å². The van der Waals surface area contributed by atoms with Crippen molar-refractivity contribution in [3.63, 3.8) is 0 Å². The van der Waals surface area contributed by atoms with Gasteiger partial charge in [0.05, 0.1) is 0 Å². The molecule has 1 aliphatic rings. The highest BCUT2D eigenvalue weighted by atomic mass is 79.9. The van der Waals surface area contributed by atoms with E-state index in [1.54, 1.807) is 4.90 Å². The molecule has 0 atom stereocenters. The summed E-state index contributed by atoms with van der Waals surface area (Å²) in [5, 5.41) is 0. The van der Waals surface area contributed by atoms with Crippen LogP contribution in [-0.4, -0.2) is 42.8 Å². The van der Waals surface area contributed by atoms with Crippen molar-refractivity contribution in [2.24, 2.45) is 0 Å². The standard InChI is InChI=1S/C18H27BrN2O2/c1-5-20(17(22)23-18(2,3)4)11-12-21-10-6-7-14-13-15(19)8-9-16(14)21/h8-9,13H,5-7,10-12H2,1-4H3. The molecule has 0 fully saturated rings. The molecule has 0 bridgehead atoms. The minimum Gasteiger partial charge on any atom is -0.444 e. The van der Waals surface area contributed by atoms with E-state index < -0.39 is 5.60 Å². The molecule has 1 amide bonds. The van der Waals surface area contributed by atoms with E-state index in [1.165, 1.54) is 11.3 Å². The van der Waals surface area contributed by atoms with Crippen LogP contribution in [0, 0.1) is 0 Å². The average molecular weight is 383 g/mol. The summed E-state index contributed by atoms with van der Waals surface area (Å²) >= 11 is 3.54. The van der Waals surface area contributed by atoms with Crippen molar-refractivity contribution in [3.05, 3.63) is 28.2 Å². The first-order valence-electron chi connectivity index (χ1n) is 8.31. The molecule has 0 saturated carbocycles. The zero-order valence-electron chi connectivity index (χ0n) is 14.6. The van der Waals surface area contributed by atoms with Gasteiger partial charge in [-0.25, -0.2) is 4.79 Å². The number of ether oxygens (including phenoxy) is 1. The number of carbonyl (C=O) groups excluding carboxylic acids is 1. The van der Waals surface area contributed by atoms with E-state index in [-0.39, 0.29) is 6.09 Å². The number of carbonyl (C=O) groups is 1. The summed E-state index contributed by atoms with van der Waals surface area (Å²) in [5.74, 6) is 0. The Labute approximate surface area is 147 Å². The molecule has 1 aromatic rings. The fourth-order valence-corrected chi connectivity index (χ4v) is 3.23. The lowest BCUT2D eigenvalue weighted by molar-refractivity contribution is 0.0265. The first kappa shape index (κ1) is 18.1. The van der Waals surface area contributed by atoms with Crippen LogP contribution in [0.25, 0.3) is 0 Å². The summed E-state index contributed by atoms with van der Waals surface area (Å²) in [6.45, 7) is 10.9. The Kier molecular flexibility index (Phi) is 5.95. The molecular formula is C18H27BrN2O2. The second kappa shape index (κ2) is 7.56. The van der Waals surface area contributed by atoms with E-state index in [1.807, 2.05) is 27.7 Å². The van der Waals surface area contributed by atoms with Crippen LogP contribution < -0.4 is 4.90 Å². The summed E-state index contributed by atoms with van der Waals surface area (Å²) in [7, 11) is 0. The van der Waals surface area contributed by atoms with Gasteiger partial charge in [-0.05, 0) is 64.3 Å². The van der Waals surface area contributed by atoms with Crippen LogP contribution in [0.5, 0.6) is 0 Å². The van der Waals surface area contributed by atoms with Gasteiger partial charge in [-0.15, -0.1) is 0 Å². The number of hydrogen-bond acceptors (Lipinski definition) is 3. The highest BCUT2D eigenvalue weighted by Gasteiger charge is 2.23. The second-order valence-electron chi connectivity index (χ2n) is 6.92. The van der Waals surface area contributed by atoms with Gasteiger partial charge in [0, 0.05) is 36.3 Å². The highest BCUT2D eigenvalue weighted by Crippen LogP contribution is 2.29. The molecule has 1 aliphatic heterocycles. The van der Waals surface area contributed by atoms with Gasteiger partial charge < -0.3 is 14.5 Å². The number of amides is 1. The predicted octanol–water partition coefficient (Wildman–Crippen LogP) is 4.46. The molecule has 0 aromatic heterocycles. The monoisotopic (exact) mass is 382 g/mol. The molecule has 0 N–H and O–H groups in total. The zero-order chi connectivity index (χ0) is 17.0. The third-order valence-electron chi connectivity index (χ3n) is 3.93. The maximum atomic E-state index is 12.2. The predicted molar refractivity (Wildman–Crippen MR) is 98.2 cm³/mol. The molecule has 0 unspecified atom stereocenters. The van der Waals surface area contributed by atoms with Crippen molar-refractivity contribution < 1.29 is 9.53 Å². The summed E-state index contributed by atoms with van der Waals surface area (Å²) in [5.41, 5.74) is 2.22. The summed E-state index contributed by atoms with van der Waals surface area (Å²) in [4.78, 5) is 16.4. The average Bonchev–Trinajstić information content (AvgIpc) is 2.45. The lowest BCUT2D eigenvalue weighted by atomic mass is 10.0. The summed E-state index contributed by atoms with van der Waals surface area (Å²) in [6.07, 6.45) is 2.05. The van der Waals surface area contributed by atoms with Crippen molar-refractivity contribution in [1.82, 2.24) is 4.90 Å². The van der Waals surface area contributed by atoms with Crippen molar-refractivity contribution in [2.45, 2.75) is 46.1 Å². The van der Waals surface area contributed by atoms with Crippen LogP contribution in [0.4, 0.5) is 10.5 Å². The maximum absolute atomic E-state index is 12.2. The number of rotatable bonds is 4. The third-order valence-corrected chi connectivity index (χ3v) is 4.42. The molecule has 0 aliphatic carbocycles. The van der Waals surface area contributed by atoms with Crippen LogP contribution in [0.2, 0.25) is 0 Å². The molecule has 0 saturated heterocycles. The fourth-order valence-electron chi connectivity index (χ4n) is 2.82. The smallest absolute Gasteiger partial charge is 0.410 e. The van der Waals surface area contributed by atoms with E-state index in [2.05, 4.69) is 39.0 Å². The van der Waals surface area contributed by atoms with Crippen molar-refractivity contribution >= 4 is 27.7 Å². The lowest BCUT2D eigenvalue weighted by Crippen LogP contribution is -2.42. The maximum Gasteiger partial charge on any atom is 0.410 e. The quantitative estimate of drug-likeness (QED) is 0.770. The molecule has 23 heavy (non-hydrogen) atoms. The zero-order valence-corrected chi connectivity index (χ0v) is 16.1. The van der Waals surface area contributed by atoms with Crippen LogP contribution in [0.1, 0.15) is 39.7 Å². The van der Waals surface area contributed by atoms with E-state index in [0.717, 1.165) is 30.4 Å². The topological polar surface area (TPSA) is 32.8 Å². The number of benzene rings is 1. The number of nitrogens with zero attached hydrogens (tertiary/aromatic N) is 2. The van der Waals surface area contributed by atoms with E-state index in [0.29, 0.717) is 13.1 Å². The van der Waals surface area contributed by atoms with Gasteiger partial charge in [0.2, 0.25) is 0 Å². The number of aryl methyl sites for hydroxylation is 1. The molecule has 5 heteroatoms. The van der Waals surface area contributed by atoms with Gasteiger partial charge in [0.25, 0.3) is 0 Å². The normalized spacial score (nSPS) is 14.4. The molecule has 0 spiro atoms. The second-order valence-corrected chi connectivity index (χ2v) is 7.84. The van der Waals surface area contributed by atoms with Gasteiger partial charge in [-0.2, -0.15) is 0 Å². The van der Waals surface area contributed by atoms with Crippen molar-refractivity contribution in [2.75, 3.05) is 31.1 Å². The molecule has 4 nitrogen and oxygen atoms in total. The van der Waals surface area contributed by atoms with E-state index in [4.69, 9.17) is 4.74 Å². The van der Waals surface area contributed by atoms with Gasteiger partial charge in [0.1, 0.15) is 5.60 Å². The number of halogens is 1. The molecule has 0 radical (unpaired) electrons. The number of fused-ring (bicyclic) bond motifs is 1. The largest absolute Gasteiger partial charge is 0.444 e. The summed E-state index contributed by atoms with van der Waals surface area (Å²) < 4.78 is 6.60. The Bertz CT molecular complexity index is 554. The SMILES string of the molecule is CCN(CCN1CCCc2cc(Br)ccc21)C(=O)OC(C)(C)C. The van der Waals surface area contributed by atoms with Gasteiger partial charge >= 0.3 is 6.09 Å². The molecule has 128 valence electrons. The lowest BCUT2D eigenvalue weighted by Gasteiger charge is -2.34. The number of likely N-dealkylation sites (N-methyl/N-ethyl adjacent to an activating group) is 1. The fraction of sp³-hybridized carbons (Fsp3) is 0.611. The Morgan fingerprint density at radius 2 is 2.13 bits per heavy atom. The van der Waals surface area contributed by atoms with Crippen LogP contribution in [0.3, 0.4) is 0 Å². The van der Waals surface area contributed by atoms with Gasteiger partial charge in [-0.1, -0.05) is 15.9 Å². The third kappa shape index (κ3) is 5.13. The Morgan fingerprint density at radius 3 is 2.78 bits per heavy atom. The minimum atomic E-state index is -0.450. The number of hydrogen-bond donors (Lipinski definition) is 0. The molecule has 1 heterocycles. The molecule has 2 rings (SSSR count).